The van der Waals surface area contributed by atoms with Gasteiger partial charge in [0.1, 0.15) is 25.0 Å². The average molecular weight is 302 g/mol. The zero-order valence-electron chi connectivity index (χ0n) is 13.7. The summed E-state index contributed by atoms with van der Waals surface area (Å²) < 4.78 is 5.87. The molecule has 2 N–H and O–H groups in total. The highest BCUT2D eigenvalue weighted by molar-refractivity contribution is 5.88. The molecule has 2 rings (SSSR count). The SMILES string of the molecule is CCC[NH+](CCC)C[C@@H](O)COc1cccc2ccccc12. The van der Waals surface area contributed by atoms with Gasteiger partial charge >= 0.3 is 0 Å². The number of rotatable bonds is 9. The predicted octanol–water partition coefficient (Wildman–Crippen LogP) is 2.28. The molecule has 0 saturated carbocycles. The minimum atomic E-state index is -0.424. The Morgan fingerprint density at radius 3 is 2.41 bits per heavy atom. The van der Waals surface area contributed by atoms with Crippen molar-refractivity contribution in [1.82, 2.24) is 0 Å². The van der Waals surface area contributed by atoms with Gasteiger partial charge in [0.25, 0.3) is 0 Å². The van der Waals surface area contributed by atoms with E-state index in [4.69, 9.17) is 4.74 Å². The number of quaternary nitrogens is 1. The van der Waals surface area contributed by atoms with Crippen molar-refractivity contribution in [3.05, 3.63) is 42.5 Å². The monoisotopic (exact) mass is 302 g/mol. The molecule has 0 fully saturated rings. The topological polar surface area (TPSA) is 33.9 Å². The highest BCUT2D eigenvalue weighted by Crippen LogP contribution is 2.25. The van der Waals surface area contributed by atoms with Crippen molar-refractivity contribution < 1.29 is 14.7 Å². The Hall–Kier alpha value is -1.58. The number of aliphatic hydroxyl groups excluding tert-OH is 1. The number of benzene rings is 2. The summed E-state index contributed by atoms with van der Waals surface area (Å²) in [4.78, 5) is 1.46. The Balaban J connectivity index is 1.93. The number of hydrogen-bond acceptors (Lipinski definition) is 2. The molecule has 0 aromatic heterocycles. The molecule has 22 heavy (non-hydrogen) atoms. The number of ether oxygens (including phenoxy) is 1. The molecule has 0 unspecified atom stereocenters. The van der Waals surface area contributed by atoms with Crippen molar-refractivity contribution in [1.29, 1.82) is 0 Å². The quantitative estimate of drug-likeness (QED) is 0.745. The van der Waals surface area contributed by atoms with Gasteiger partial charge in [0.15, 0.2) is 0 Å². The summed E-state index contributed by atoms with van der Waals surface area (Å²) in [7, 11) is 0. The van der Waals surface area contributed by atoms with Crippen LogP contribution in [-0.2, 0) is 0 Å². The molecule has 2 aromatic carbocycles. The zero-order valence-corrected chi connectivity index (χ0v) is 13.7. The summed E-state index contributed by atoms with van der Waals surface area (Å²) in [5.74, 6) is 0.852. The standard InChI is InChI=1S/C19H27NO2/c1-3-12-20(13-4-2)14-17(21)15-22-19-11-7-9-16-8-5-6-10-18(16)19/h5-11,17,21H,3-4,12-15H2,1-2H3/p+1/t17-/m1/s1. The fourth-order valence-corrected chi connectivity index (χ4v) is 2.94. The van der Waals surface area contributed by atoms with Crippen LogP contribution in [0.15, 0.2) is 42.5 Å². The van der Waals surface area contributed by atoms with Crippen molar-refractivity contribution in [2.24, 2.45) is 0 Å². The molecule has 2 aromatic rings. The molecule has 1 atom stereocenters. The van der Waals surface area contributed by atoms with Gasteiger partial charge in [-0.05, 0) is 24.3 Å². The fraction of sp³-hybridized carbons (Fsp3) is 0.474. The molecule has 0 aliphatic rings. The summed E-state index contributed by atoms with van der Waals surface area (Å²) in [6.45, 7) is 7.71. The molecule has 3 heteroatoms. The van der Waals surface area contributed by atoms with E-state index in [1.165, 1.54) is 10.3 Å². The molecule has 0 heterocycles. The van der Waals surface area contributed by atoms with E-state index in [1.54, 1.807) is 0 Å². The van der Waals surface area contributed by atoms with Gasteiger partial charge in [0.05, 0.1) is 13.1 Å². The van der Waals surface area contributed by atoms with Gasteiger partial charge in [-0.1, -0.05) is 50.2 Å². The number of fused-ring (bicyclic) bond motifs is 1. The van der Waals surface area contributed by atoms with Crippen molar-refractivity contribution in [3.8, 4) is 5.75 Å². The van der Waals surface area contributed by atoms with Crippen molar-refractivity contribution in [2.45, 2.75) is 32.8 Å². The lowest BCUT2D eigenvalue weighted by Crippen LogP contribution is -3.13. The van der Waals surface area contributed by atoms with Crippen LogP contribution >= 0.6 is 0 Å². The van der Waals surface area contributed by atoms with E-state index in [1.807, 2.05) is 24.3 Å². The van der Waals surface area contributed by atoms with E-state index in [2.05, 4.69) is 32.0 Å². The predicted molar refractivity (Wildman–Crippen MR) is 91.6 cm³/mol. The Labute approximate surface area is 133 Å². The van der Waals surface area contributed by atoms with Crippen LogP contribution in [0.3, 0.4) is 0 Å². The van der Waals surface area contributed by atoms with E-state index in [0.717, 1.165) is 43.6 Å². The van der Waals surface area contributed by atoms with Crippen LogP contribution in [0.1, 0.15) is 26.7 Å². The summed E-state index contributed by atoms with van der Waals surface area (Å²) in [6.07, 6.45) is 1.87. The normalized spacial score (nSPS) is 12.7. The molecule has 0 aliphatic heterocycles. The second-order valence-electron chi connectivity index (χ2n) is 5.90. The molecule has 0 bridgehead atoms. The molecular weight excluding hydrogens is 274 g/mol. The maximum Gasteiger partial charge on any atom is 0.137 e. The Bertz CT molecular complexity index is 559. The van der Waals surface area contributed by atoms with Crippen molar-refractivity contribution in [2.75, 3.05) is 26.2 Å². The van der Waals surface area contributed by atoms with Gasteiger partial charge in [0, 0.05) is 5.39 Å². The Morgan fingerprint density at radius 1 is 1.00 bits per heavy atom. The molecule has 0 radical (unpaired) electrons. The summed E-state index contributed by atoms with van der Waals surface area (Å²) >= 11 is 0. The third-order valence-electron chi connectivity index (χ3n) is 3.91. The van der Waals surface area contributed by atoms with Gasteiger partial charge < -0.3 is 14.7 Å². The minimum absolute atomic E-state index is 0.352. The van der Waals surface area contributed by atoms with Crippen LogP contribution in [0.4, 0.5) is 0 Å². The van der Waals surface area contributed by atoms with Crippen LogP contribution in [0, 0.1) is 0 Å². The third-order valence-corrected chi connectivity index (χ3v) is 3.91. The molecule has 3 nitrogen and oxygen atoms in total. The summed E-state index contributed by atoms with van der Waals surface area (Å²) in [6, 6.07) is 14.2. The molecule has 0 amide bonds. The highest BCUT2D eigenvalue weighted by Gasteiger charge is 2.14. The first-order valence-corrected chi connectivity index (χ1v) is 8.36. The van der Waals surface area contributed by atoms with E-state index >= 15 is 0 Å². The van der Waals surface area contributed by atoms with E-state index < -0.39 is 6.10 Å². The largest absolute Gasteiger partial charge is 0.490 e. The first kappa shape index (κ1) is 16.8. The van der Waals surface area contributed by atoms with E-state index in [-0.39, 0.29) is 0 Å². The maximum atomic E-state index is 10.3. The molecule has 0 aliphatic carbocycles. The average Bonchev–Trinajstić information content (AvgIpc) is 2.53. The fourth-order valence-electron chi connectivity index (χ4n) is 2.94. The van der Waals surface area contributed by atoms with Crippen LogP contribution in [0.25, 0.3) is 10.8 Å². The van der Waals surface area contributed by atoms with Crippen molar-refractivity contribution in [3.63, 3.8) is 0 Å². The van der Waals surface area contributed by atoms with Gasteiger partial charge in [-0.15, -0.1) is 0 Å². The maximum absolute atomic E-state index is 10.3. The van der Waals surface area contributed by atoms with Gasteiger partial charge in [-0.2, -0.15) is 0 Å². The number of aliphatic hydroxyl groups is 1. The van der Waals surface area contributed by atoms with Crippen LogP contribution in [0.2, 0.25) is 0 Å². The second kappa shape index (κ2) is 8.76. The van der Waals surface area contributed by atoms with Crippen molar-refractivity contribution >= 4 is 10.8 Å². The van der Waals surface area contributed by atoms with Crippen LogP contribution in [0.5, 0.6) is 5.75 Å². The van der Waals surface area contributed by atoms with Gasteiger partial charge in [-0.3, -0.25) is 0 Å². The lowest BCUT2D eigenvalue weighted by atomic mass is 10.1. The molecule has 0 saturated heterocycles. The van der Waals surface area contributed by atoms with Gasteiger partial charge in [-0.25, -0.2) is 0 Å². The smallest absolute Gasteiger partial charge is 0.137 e. The number of hydrogen-bond donors (Lipinski definition) is 2. The molecule has 120 valence electrons. The number of nitrogens with one attached hydrogen (secondary N) is 1. The van der Waals surface area contributed by atoms with Gasteiger partial charge in [0.2, 0.25) is 0 Å². The summed E-state index contributed by atoms with van der Waals surface area (Å²) in [5.41, 5.74) is 0. The Morgan fingerprint density at radius 2 is 1.68 bits per heavy atom. The summed E-state index contributed by atoms with van der Waals surface area (Å²) in [5, 5.41) is 12.5. The minimum Gasteiger partial charge on any atom is -0.490 e. The van der Waals surface area contributed by atoms with E-state index in [0.29, 0.717) is 6.61 Å². The zero-order chi connectivity index (χ0) is 15.8. The second-order valence-corrected chi connectivity index (χ2v) is 5.90. The van der Waals surface area contributed by atoms with Crippen LogP contribution in [-0.4, -0.2) is 37.5 Å². The molecular formula is C19H28NO2+. The third kappa shape index (κ3) is 4.72. The molecule has 0 spiro atoms. The lowest BCUT2D eigenvalue weighted by molar-refractivity contribution is -0.903. The lowest BCUT2D eigenvalue weighted by Gasteiger charge is -2.21. The highest BCUT2D eigenvalue weighted by atomic mass is 16.5. The van der Waals surface area contributed by atoms with Crippen LogP contribution < -0.4 is 9.64 Å². The first-order valence-electron chi connectivity index (χ1n) is 8.36. The Kier molecular flexibility index (Phi) is 6.69. The first-order chi connectivity index (χ1) is 10.7. The van der Waals surface area contributed by atoms with E-state index in [9.17, 15) is 5.11 Å².